The van der Waals surface area contributed by atoms with E-state index >= 15 is 0 Å². The van der Waals surface area contributed by atoms with E-state index in [1.165, 1.54) is 6.07 Å². The van der Waals surface area contributed by atoms with Crippen LogP contribution in [0.5, 0.6) is 0 Å². The quantitative estimate of drug-likeness (QED) is 0.442. The number of nitrogens with zero attached hydrogens (tertiary/aromatic N) is 1. The summed E-state index contributed by atoms with van der Waals surface area (Å²) in [5.41, 5.74) is -0.671. The second kappa shape index (κ2) is 7.68. The Morgan fingerprint density at radius 3 is 2.38 bits per heavy atom. The van der Waals surface area contributed by atoms with E-state index < -0.39 is 42.7 Å². The summed E-state index contributed by atoms with van der Waals surface area (Å²) in [4.78, 5) is 9.27. The maximum atomic E-state index is 13.5. The van der Waals surface area contributed by atoms with E-state index in [9.17, 15) is 36.1 Å². The Morgan fingerprint density at radius 1 is 1.12 bits per heavy atom. The van der Waals surface area contributed by atoms with Crippen LogP contribution in [0, 0.1) is 21.7 Å². The molecular weight excluding hydrogens is 380 g/mol. The van der Waals surface area contributed by atoms with Crippen LogP contribution < -0.4 is 5.32 Å². The molecule has 0 aliphatic heterocycles. The minimum Gasteiger partial charge on any atom is -0.379 e. The number of hydrogen-bond acceptors (Lipinski definition) is 5. The van der Waals surface area contributed by atoms with Gasteiger partial charge in [0.1, 0.15) is 17.3 Å². The van der Waals surface area contributed by atoms with Gasteiger partial charge in [-0.1, -0.05) is 6.07 Å². The number of nitrogens with one attached hydrogen (secondary N) is 1. The highest BCUT2D eigenvalue weighted by Crippen LogP contribution is 2.29. The molecule has 0 atom stereocenters. The van der Waals surface area contributed by atoms with Gasteiger partial charge in [0.15, 0.2) is 0 Å². The molecule has 0 unspecified atom stereocenters. The normalized spacial score (nSPS) is 11.6. The molecule has 2 rings (SSSR count). The van der Waals surface area contributed by atoms with Gasteiger partial charge in [-0.2, -0.15) is 8.78 Å². The zero-order valence-corrected chi connectivity index (χ0v) is 13.8. The van der Waals surface area contributed by atoms with Gasteiger partial charge in [0.25, 0.3) is 5.69 Å². The van der Waals surface area contributed by atoms with E-state index in [0.29, 0.717) is 12.1 Å². The fraction of sp³-hybridized carbons (Fsp3) is 0.200. The summed E-state index contributed by atoms with van der Waals surface area (Å²) in [6.45, 7) is 0.00430. The summed E-state index contributed by atoms with van der Waals surface area (Å²) in [5.74, 6) is -5.23. The minimum atomic E-state index is -4.97. The van der Waals surface area contributed by atoms with Gasteiger partial charge in [0, 0.05) is 18.7 Å². The van der Waals surface area contributed by atoms with Crippen LogP contribution in [-0.4, -0.2) is 25.6 Å². The lowest BCUT2D eigenvalue weighted by Gasteiger charge is -2.09. The number of halogens is 4. The highest BCUT2D eigenvalue weighted by Gasteiger charge is 2.29. The van der Waals surface area contributed by atoms with Crippen LogP contribution in [0.4, 0.5) is 28.9 Å². The Balaban J connectivity index is 2.20. The number of sulfone groups is 1. The number of benzene rings is 2. The molecule has 0 bridgehead atoms. The lowest BCUT2D eigenvalue weighted by atomic mass is 10.1. The van der Waals surface area contributed by atoms with Crippen molar-refractivity contribution < 1.29 is 30.9 Å². The Hall–Kier alpha value is -2.69. The van der Waals surface area contributed by atoms with Crippen molar-refractivity contribution in [1.29, 1.82) is 0 Å². The van der Waals surface area contributed by atoms with E-state index in [2.05, 4.69) is 5.32 Å². The van der Waals surface area contributed by atoms with Crippen molar-refractivity contribution in [3.63, 3.8) is 0 Å². The van der Waals surface area contributed by atoms with Crippen molar-refractivity contribution in [1.82, 2.24) is 0 Å². The summed E-state index contributed by atoms with van der Waals surface area (Å²) in [5, 5.41) is 13.7. The zero-order valence-electron chi connectivity index (χ0n) is 13.0. The Labute approximate surface area is 145 Å². The van der Waals surface area contributed by atoms with E-state index in [-0.39, 0.29) is 24.2 Å². The van der Waals surface area contributed by atoms with Gasteiger partial charge < -0.3 is 5.32 Å². The molecule has 0 radical (unpaired) electrons. The van der Waals surface area contributed by atoms with Gasteiger partial charge in [-0.05, 0) is 30.2 Å². The monoisotopic (exact) mass is 392 g/mol. The lowest BCUT2D eigenvalue weighted by molar-refractivity contribution is -0.384. The molecule has 2 aromatic rings. The molecule has 0 amide bonds. The van der Waals surface area contributed by atoms with Crippen LogP contribution in [0.1, 0.15) is 5.56 Å². The third kappa shape index (κ3) is 4.28. The fourth-order valence-corrected chi connectivity index (χ4v) is 2.89. The van der Waals surface area contributed by atoms with Crippen LogP contribution in [0.2, 0.25) is 0 Å². The number of nitro groups is 1. The van der Waals surface area contributed by atoms with Crippen LogP contribution in [0.3, 0.4) is 0 Å². The van der Waals surface area contributed by atoms with Gasteiger partial charge in [-0.25, -0.2) is 17.2 Å². The number of hydrogen-bond donors (Lipinski definition) is 1. The standard InChI is InChI=1S/C15H12F4N2O4S/c16-10-2-1-9(12(17)7-10)5-6-20-13-4-3-11(8-14(13)21(22)23)26(24,25)15(18)19/h1-4,7-8,15,20H,5-6H2. The van der Waals surface area contributed by atoms with E-state index in [1.54, 1.807) is 0 Å². The molecule has 0 saturated carbocycles. The van der Waals surface area contributed by atoms with E-state index in [1.807, 2.05) is 0 Å². The van der Waals surface area contributed by atoms with Crippen LogP contribution in [0.15, 0.2) is 41.3 Å². The van der Waals surface area contributed by atoms with Crippen molar-refractivity contribution in [2.45, 2.75) is 17.1 Å². The zero-order chi connectivity index (χ0) is 19.5. The average Bonchev–Trinajstić information content (AvgIpc) is 2.56. The summed E-state index contributed by atoms with van der Waals surface area (Å²) in [6.07, 6.45) is 0.0559. The molecule has 11 heteroatoms. The molecule has 2 aromatic carbocycles. The van der Waals surface area contributed by atoms with Crippen molar-refractivity contribution in [2.75, 3.05) is 11.9 Å². The lowest BCUT2D eigenvalue weighted by Crippen LogP contribution is -2.13. The molecule has 0 heterocycles. The van der Waals surface area contributed by atoms with Crippen molar-refractivity contribution in [3.8, 4) is 0 Å². The summed E-state index contributed by atoms with van der Waals surface area (Å²) in [7, 11) is -4.97. The first-order chi connectivity index (χ1) is 12.1. The maximum Gasteiger partial charge on any atom is 0.341 e. The second-order valence-electron chi connectivity index (χ2n) is 5.15. The first kappa shape index (κ1) is 19.6. The van der Waals surface area contributed by atoms with Crippen molar-refractivity contribution >= 4 is 21.2 Å². The smallest absolute Gasteiger partial charge is 0.341 e. The van der Waals surface area contributed by atoms with Gasteiger partial charge in [0.05, 0.1) is 9.82 Å². The molecule has 0 aliphatic carbocycles. The van der Waals surface area contributed by atoms with Crippen LogP contribution in [0.25, 0.3) is 0 Å². The topological polar surface area (TPSA) is 89.3 Å². The maximum absolute atomic E-state index is 13.5. The van der Waals surface area contributed by atoms with Crippen molar-refractivity contribution in [3.05, 3.63) is 63.7 Å². The highest BCUT2D eigenvalue weighted by molar-refractivity contribution is 7.91. The molecule has 0 saturated heterocycles. The largest absolute Gasteiger partial charge is 0.379 e. The minimum absolute atomic E-state index is 0.00430. The van der Waals surface area contributed by atoms with E-state index in [4.69, 9.17) is 0 Å². The summed E-state index contributed by atoms with van der Waals surface area (Å²) >= 11 is 0. The van der Waals surface area contributed by atoms with Crippen molar-refractivity contribution in [2.24, 2.45) is 0 Å². The van der Waals surface area contributed by atoms with Gasteiger partial charge in [-0.3, -0.25) is 10.1 Å². The van der Waals surface area contributed by atoms with Gasteiger partial charge in [-0.15, -0.1) is 0 Å². The van der Waals surface area contributed by atoms with Gasteiger partial charge in [0.2, 0.25) is 9.84 Å². The summed E-state index contributed by atoms with van der Waals surface area (Å²) < 4.78 is 74.3. The SMILES string of the molecule is O=[N+]([O-])c1cc(S(=O)(=O)C(F)F)ccc1NCCc1ccc(F)cc1F. The second-order valence-corrected chi connectivity index (χ2v) is 7.07. The Bertz CT molecular complexity index is 935. The molecule has 1 N–H and O–H groups in total. The number of alkyl halides is 2. The number of anilines is 1. The predicted molar refractivity (Wildman–Crippen MR) is 84.8 cm³/mol. The van der Waals surface area contributed by atoms with Crippen LogP contribution in [-0.2, 0) is 16.3 Å². The number of nitro benzene ring substituents is 1. The fourth-order valence-electron chi connectivity index (χ4n) is 2.15. The number of rotatable bonds is 7. The molecule has 6 nitrogen and oxygen atoms in total. The molecule has 0 aromatic heterocycles. The first-order valence-electron chi connectivity index (χ1n) is 7.11. The third-order valence-corrected chi connectivity index (χ3v) is 4.83. The van der Waals surface area contributed by atoms with E-state index in [0.717, 1.165) is 18.2 Å². The molecule has 0 fully saturated rings. The molecular formula is C15H12F4N2O4S. The highest BCUT2D eigenvalue weighted by atomic mass is 32.2. The molecule has 0 spiro atoms. The molecule has 140 valence electrons. The third-order valence-electron chi connectivity index (χ3n) is 3.45. The Morgan fingerprint density at radius 2 is 1.81 bits per heavy atom. The molecule has 26 heavy (non-hydrogen) atoms. The summed E-state index contributed by atoms with van der Waals surface area (Å²) in [6, 6.07) is 5.30. The Kier molecular flexibility index (Phi) is 5.80. The predicted octanol–water partition coefficient (Wildman–Crippen LogP) is 3.52. The average molecular weight is 392 g/mol. The molecule has 0 aliphatic rings. The first-order valence-corrected chi connectivity index (χ1v) is 8.66. The van der Waals surface area contributed by atoms with Crippen LogP contribution >= 0.6 is 0 Å². The van der Waals surface area contributed by atoms with Gasteiger partial charge >= 0.3 is 5.76 Å².